The second kappa shape index (κ2) is 46.1. The molecule has 0 saturated heterocycles. The molecule has 5 heterocycles. The molecule has 0 saturated carbocycles. The minimum atomic E-state index is -3.77. The van der Waals surface area contributed by atoms with E-state index in [4.69, 9.17) is 85.1 Å². The van der Waals surface area contributed by atoms with Crippen molar-refractivity contribution >= 4 is 80.6 Å². The number of benzene rings is 5. The number of aromatic nitrogens is 4. The third-order valence-corrected chi connectivity index (χ3v) is 26.1. The maximum Gasteiger partial charge on any atom is 0.261 e. The minimum absolute atomic E-state index is 0.0259. The third-order valence-electron chi connectivity index (χ3n) is 18.0. The molecule has 37 heteroatoms. The number of halogens is 2. The van der Waals surface area contributed by atoms with Gasteiger partial charge < -0.3 is 63.7 Å². The highest BCUT2D eigenvalue weighted by Crippen LogP contribution is 2.36. The maximum atomic E-state index is 13.1. The van der Waals surface area contributed by atoms with Crippen LogP contribution in [0.5, 0.6) is 0 Å². The van der Waals surface area contributed by atoms with Crippen molar-refractivity contribution in [3.8, 4) is 44.5 Å². The Hall–Kier alpha value is -7.76. The van der Waals surface area contributed by atoms with E-state index in [-0.39, 0.29) is 71.5 Å². The summed E-state index contributed by atoms with van der Waals surface area (Å²) in [6, 6.07) is 26.3. The lowest BCUT2D eigenvalue weighted by atomic mass is 9.98. The molecule has 0 unspecified atom stereocenters. The van der Waals surface area contributed by atoms with Gasteiger partial charge in [0, 0.05) is 94.2 Å². The lowest BCUT2D eigenvalue weighted by Gasteiger charge is -2.12. The molecule has 1 aliphatic rings. The summed E-state index contributed by atoms with van der Waals surface area (Å²) < 4.78 is 181. The zero-order valence-corrected chi connectivity index (χ0v) is 74.3. The Bertz CT molecular complexity index is 5260. The van der Waals surface area contributed by atoms with Crippen molar-refractivity contribution in [2.75, 3.05) is 124 Å². The van der Waals surface area contributed by atoms with E-state index in [2.05, 4.69) is 35.1 Å². The predicted molar refractivity (Wildman–Crippen MR) is 452 cm³/mol. The van der Waals surface area contributed by atoms with Gasteiger partial charge in [-0.2, -0.15) is 0 Å². The van der Waals surface area contributed by atoms with Crippen LogP contribution < -0.4 is 26.6 Å². The average Bonchev–Trinajstić information content (AvgIpc) is 1.80. The molecule has 0 aliphatic carbocycles. The van der Waals surface area contributed by atoms with Crippen molar-refractivity contribution in [1.29, 1.82) is 0 Å². The van der Waals surface area contributed by atoms with Gasteiger partial charge in [0.15, 0.2) is 9.84 Å². The van der Waals surface area contributed by atoms with Crippen molar-refractivity contribution in [2.24, 2.45) is 22.2 Å². The van der Waals surface area contributed by atoms with E-state index in [1.54, 1.807) is 131 Å². The van der Waals surface area contributed by atoms with E-state index in [0.29, 0.717) is 152 Å². The van der Waals surface area contributed by atoms with Crippen LogP contribution in [0.4, 0.5) is 0 Å². The molecule has 0 amide bonds. The number of rotatable bonds is 37. The summed E-state index contributed by atoms with van der Waals surface area (Å²) in [4.78, 5) is 5.44. The summed E-state index contributed by atoms with van der Waals surface area (Å²) >= 11 is 0. The minimum Gasteiger partial charge on any atom is -0.379 e. The van der Waals surface area contributed by atoms with Crippen LogP contribution in [-0.2, 0) is 76.4 Å². The van der Waals surface area contributed by atoms with Gasteiger partial charge in [0.05, 0.1) is 132 Å². The van der Waals surface area contributed by atoms with Gasteiger partial charge in [-0.15, -0.1) is 0 Å². The van der Waals surface area contributed by atoms with Crippen molar-refractivity contribution in [2.45, 2.75) is 135 Å². The largest absolute Gasteiger partial charge is 0.379 e. The molecule has 0 fully saturated rings. The summed E-state index contributed by atoms with van der Waals surface area (Å²) in [5.41, 5.74) is 31.9. The number of aryl methyl sites for hydroxylation is 13. The Morgan fingerprint density at radius 3 is 0.915 bits per heavy atom. The lowest BCUT2D eigenvalue weighted by Crippen LogP contribution is -2.28. The molecule has 5 aromatic carbocycles. The number of sulfonamides is 2. The fourth-order valence-corrected chi connectivity index (χ4v) is 18.9. The van der Waals surface area contributed by atoms with Crippen molar-refractivity contribution in [3.05, 3.63) is 176 Å². The lowest BCUT2D eigenvalue weighted by molar-refractivity contribution is 0.0504. The van der Waals surface area contributed by atoms with Gasteiger partial charge in [-0.25, -0.2) is 51.5 Å². The number of nitrogens with zero attached hydrogens (tertiary/aromatic N) is 5. The van der Waals surface area contributed by atoms with Gasteiger partial charge >= 0.3 is 0 Å². The molecule has 30 nitrogen and oxygen atoms in total. The summed E-state index contributed by atoms with van der Waals surface area (Å²) in [6.45, 7) is 34.5. The zero-order chi connectivity index (χ0) is 86.6. The molecule has 10 rings (SSSR count). The van der Waals surface area contributed by atoms with Gasteiger partial charge in [0.2, 0.25) is 20.0 Å². The van der Waals surface area contributed by atoms with Crippen molar-refractivity contribution in [3.63, 3.8) is 0 Å². The molecule has 117 heavy (non-hydrogen) atoms. The normalized spacial score (nSPS) is 12.5. The van der Waals surface area contributed by atoms with Crippen LogP contribution in [0.25, 0.3) is 50.1 Å². The zero-order valence-electron chi connectivity index (χ0n) is 68.7. The Balaban J connectivity index is 0.000000248. The first kappa shape index (κ1) is 98.1. The topological polar surface area (TPSA) is 445 Å². The van der Waals surface area contributed by atoms with Gasteiger partial charge in [-0.3, -0.25) is 4.99 Å². The van der Waals surface area contributed by atoms with E-state index < -0.39 is 48.0 Å². The monoisotopic (exact) mass is 1760 g/mol. The Labute approximate surface area is 696 Å². The summed E-state index contributed by atoms with van der Waals surface area (Å²) in [6.07, 6.45) is 0.348. The number of aliphatic imine (C=N–C) groups is 1. The quantitative estimate of drug-likeness (QED) is 0.0178. The summed E-state index contributed by atoms with van der Waals surface area (Å²) in [5.74, 6) is 2.54. The first-order valence-electron chi connectivity index (χ1n) is 37.4. The van der Waals surface area contributed by atoms with Gasteiger partial charge in [-0.05, 0) is 202 Å². The first-order chi connectivity index (χ1) is 55.2. The molecule has 4 aromatic heterocycles. The van der Waals surface area contributed by atoms with E-state index in [1.807, 2.05) is 64.1 Å². The van der Waals surface area contributed by atoms with E-state index >= 15 is 0 Å². The number of nitrogens with one attached hydrogen (secondary N) is 2. The highest BCUT2D eigenvalue weighted by molar-refractivity contribution is 8.14. The van der Waals surface area contributed by atoms with Crippen molar-refractivity contribution in [1.82, 2.24) is 30.1 Å². The van der Waals surface area contributed by atoms with E-state index in [0.717, 1.165) is 72.6 Å². The Morgan fingerprint density at radius 2 is 0.632 bits per heavy atom. The average molecular weight is 1760 g/mol. The highest BCUT2D eigenvalue weighted by Gasteiger charge is 2.26. The Kier molecular flexibility index (Phi) is 38.7. The summed E-state index contributed by atoms with van der Waals surface area (Å²) in [5, 5.41) is 15.6. The number of allylic oxidation sites excluding steroid dienone is 1. The van der Waals surface area contributed by atoms with Crippen LogP contribution >= 0.6 is 21.4 Å². The van der Waals surface area contributed by atoms with Crippen LogP contribution in [0.1, 0.15) is 99.5 Å². The van der Waals surface area contributed by atoms with Gasteiger partial charge in [-0.1, -0.05) is 81.3 Å². The van der Waals surface area contributed by atoms with Crippen molar-refractivity contribution < 1.29 is 88.6 Å². The predicted octanol–water partition coefficient (Wildman–Crippen LogP) is 11.9. The SMILES string of the molecule is CC1=NCC(C)=C1c1ccc(C)c(S(=O)(=O)CCCOCCOCCNS(=O)(=O)c2cc(-c3c(C)noc3C)ccc2C)c1.Cc1ccc(-c2c(C)noc2C)cc1S(=O)(=O)Cl.Cc1ccc(-c2c(C)noc2C)cc1S(=O)(=O)Cl.Cc1ccc(-c2c(C)noc2C)cc1S(=O)(=O)NCCOCCOCCN.NCCOCCOCCN. The second-order valence-corrected chi connectivity index (χ2v) is 37.8. The standard InChI is InChI=1S/C32H41N3O7S2.C18H27N3O5S.2C12H12ClNO3S.C6H16N2O2/c1-21-8-10-27(31-23(3)20-33-24(31)4)18-29(21)43(36,37)17-7-13-40-15-16-41-14-12-34-44(38,39)30-19-28(11-9-22(30)2)32-25(5)35-42-26(32)6;1-13-4-5-16(18-14(2)21-26-15(18)3)12-17(13)27(22,23)20-7-9-25-11-10-24-8-6-19;2*1-7-4-5-10(6-11(7)18(13,15)16)12-8(2)14-17-9(12)3;7-1-3-9-5-6-10-4-2-8/h8-11,18-19,34H,7,12-17,20H2,1-6H3;4-5,12,20H,6-11,19H2,1-3H3;2*4-6H,1-3H3;1-8H2. The molecule has 9 aromatic rings. The first-order valence-corrected chi connectivity index (χ1v) is 46.6. The number of hydrogen-bond acceptors (Lipinski definition) is 28. The number of nitrogens with two attached hydrogens (primary N) is 3. The molecule has 1 aliphatic heterocycles. The fourth-order valence-electron chi connectivity index (χ4n) is 12.3. The van der Waals surface area contributed by atoms with E-state index in [9.17, 15) is 42.1 Å². The molecule has 8 N–H and O–H groups in total. The molecule has 0 radical (unpaired) electrons. The van der Waals surface area contributed by atoms with Crippen LogP contribution in [-0.4, -0.2) is 193 Å². The third kappa shape index (κ3) is 29.0. The maximum absolute atomic E-state index is 13.1. The number of sulfone groups is 1. The Morgan fingerprint density at radius 1 is 0.359 bits per heavy atom. The molecule has 0 bridgehead atoms. The highest BCUT2D eigenvalue weighted by atomic mass is 35.7. The van der Waals surface area contributed by atoms with Crippen LogP contribution in [0.3, 0.4) is 0 Å². The molecule has 0 atom stereocenters. The van der Waals surface area contributed by atoms with E-state index in [1.165, 1.54) is 0 Å². The molecule has 642 valence electrons. The number of ether oxygens (including phenoxy) is 6. The van der Waals surface area contributed by atoms with Crippen LogP contribution in [0, 0.1) is 90.0 Å². The molecule has 0 spiro atoms. The second-order valence-electron chi connectivity index (χ2n) is 27.1. The summed E-state index contributed by atoms with van der Waals surface area (Å²) in [7, 11) is -7.60. The fraction of sp³-hybridized carbons (Fsp3) is 0.438. The molecular weight excluding hydrogens is 1650 g/mol. The van der Waals surface area contributed by atoms with Crippen LogP contribution in [0.15, 0.2) is 144 Å². The number of hydrogen-bond donors (Lipinski definition) is 5. The smallest absolute Gasteiger partial charge is 0.261 e. The van der Waals surface area contributed by atoms with Crippen LogP contribution in [0.2, 0.25) is 0 Å². The molecular formula is C80H108Cl2N10O20S5. The van der Waals surface area contributed by atoms with Gasteiger partial charge in [0.1, 0.15) is 23.0 Å². The van der Waals surface area contributed by atoms with Gasteiger partial charge in [0.25, 0.3) is 18.1 Å².